The quantitative estimate of drug-likeness (QED) is 0.756. The molecule has 2 N–H and O–H groups in total. The molecule has 0 bridgehead atoms. The summed E-state index contributed by atoms with van der Waals surface area (Å²) in [6, 6.07) is 8.63. The third-order valence-electron chi connectivity index (χ3n) is 4.06. The van der Waals surface area contributed by atoms with Crippen molar-refractivity contribution in [3.63, 3.8) is 0 Å². The van der Waals surface area contributed by atoms with Crippen LogP contribution in [0.15, 0.2) is 44.3 Å². The molecule has 4 rings (SSSR count). The van der Waals surface area contributed by atoms with E-state index in [1.54, 1.807) is 29.6 Å². The first kappa shape index (κ1) is 14.7. The summed E-state index contributed by atoms with van der Waals surface area (Å²) in [5, 5.41) is 12.7. The van der Waals surface area contributed by atoms with Crippen molar-refractivity contribution in [1.82, 2.24) is 0 Å². The van der Waals surface area contributed by atoms with E-state index in [4.69, 9.17) is 4.42 Å². The normalized spacial score (nSPS) is 18.0. The zero-order chi connectivity index (χ0) is 16.0. The minimum atomic E-state index is -3.63. The summed E-state index contributed by atoms with van der Waals surface area (Å²) in [5.74, 6) is 0.564. The SMILES string of the molecule is O=S(=O)(Nc1cccc2c3c(oc12)C(O)CCC3)c1cccs1. The Balaban J connectivity index is 1.82. The molecule has 0 amide bonds. The molecule has 0 aliphatic heterocycles. The van der Waals surface area contributed by atoms with E-state index in [0.29, 0.717) is 23.5 Å². The molecule has 23 heavy (non-hydrogen) atoms. The molecule has 0 spiro atoms. The molecule has 2 aromatic heterocycles. The summed E-state index contributed by atoms with van der Waals surface area (Å²) in [7, 11) is -3.63. The summed E-state index contributed by atoms with van der Waals surface area (Å²) in [4.78, 5) is 0. The van der Waals surface area contributed by atoms with E-state index in [1.807, 2.05) is 6.07 Å². The van der Waals surface area contributed by atoms with E-state index < -0.39 is 16.1 Å². The second kappa shape index (κ2) is 5.36. The number of thiophene rings is 1. The van der Waals surface area contributed by atoms with E-state index in [-0.39, 0.29) is 4.21 Å². The first-order valence-electron chi connectivity index (χ1n) is 7.35. The van der Waals surface area contributed by atoms with Crippen LogP contribution in [-0.4, -0.2) is 13.5 Å². The van der Waals surface area contributed by atoms with E-state index >= 15 is 0 Å². The summed E-state index contributed by atoms with van der Waals surface area (Å²) in [6.45, 7) is 0. The van der Waals surface area contributed by atoms with Gasteiger partial charge in [-0.2, -0.15) is 0 Å². The standard InChI is InChI=1S/C16H15NO4S2/c18-13-7-2-5-11-10-4-1-6-12(15(10)21-16(11)13)17-23(19,20)14-8-3-9-22-14/h1,3-4,6,8-9,13,17-18H,2,5,7H2. The molecule has 0 radical (unpaired) electrons. The summed E-state index contributed by atoms with van der Waals surface area (Å²) < 4.78 is 33.5. The van der Waals surface area contributed by atoms with Gasteiger partial charge in [-0.15, -0.1) is 11.3 Å². The number of sulfonamides is 1. The highest BCUT2D eigenvalue weighted by Gasteiger charge is 2.26. The molecule has 1 unspecified atom stereocenters. The minimum Gasteiger partial charge on any atom is -0.456 e. The first-order valence-corrected chi connectivity index (χ1v) is 9.71. The van der Waals surface area contributed by atoms with Gasteiger partial charge in [-0.1, -0.05) is 18.2 Å². The molecule has 1 aromatic carbocycles. The summed E-state index contributed by atoms with van der Waals surface area (Å²) in [6.07, 6.45) is 1.78. The molecule has 7 heteroatoms. The van der Waals surface area contributed by atoms with Gasteiger partial charge in [-0.25, -0.2) is 8.42 Å². The molecule has 0 fully saturated rings. The van der Waals surface area contributed by atoms with Crippen molar-refractivity contribution in [3.8, 4) is 0 Å². The molecule has 1 aliphatic carbocycles. The van der Waals surface area contributed by atoms with Gasteiger partial charge in [-0.3, -0.25) is 4.72 Å². The fourth-order valence-electron chi connectivity index (χ4n) is 3.01. The van der Waals surface area contributed by atoms with Gasteiger partial charge in [0.1, 0.15) is 16.1 Å². The highest BCUT2D eigenvalue weighted by Crippen LogP contribution is 2.40. The lowest BCUT2D eigenvalue weighted by atomic mass is 9.94. The lowest BCUT2D eigenvalue weighted by molar-refractivity contribution is 0.131. The Kier molecular flexibility index (Phi) is 3.44. The maximum atomic E-state index is 12.4. The van der Waals surface area contributed by atoms with Crippen molar-refractivity contribution in [2.45, 2.75) is 29.6 Å². The maximum absolute atomic E-state index is 12.4. The Labute approximate surface area is 137 Å². The van der Waals surface area contributed by atoms with Crippen LogP contribution in [0.25, 0.3) is 11.0 Å². The summed E-state index contributed by atoms with van der Waals surface area (Å²) >= 11 is 1.16. The number of rotatable bonds is 3. The van der Waals surface area contributed by atoms with Crippen molar-refractivity contribution in [2.24, 2.45) is 0 Å². The largest absolute Gasteiger partial charge is 0.456 e. The monoisotopic (exact) mass is 349 g/mol. The topological polar surface area (TPSA) is 79.5 Å². The predicted octanol–water partition coefficient (Wildman–Crippen LogP) is 3.66. The van der Waals surface area contributed by atoms with Gasteiger partial charge >= 0.3 is 0 Å². The molecular weight excluding hydrogens is 334 g/mol. The van der Waals surface area contributed by atoms with E-state index in [1.165, 1.54) is 0 Å². The fourth-order valence-corrected chi connectivity index (χ4v) is 5.07. The zero-order valence-corrected chi connectivity index (χ0v) is 13.8. The number of nitrogens with one attached hydrogen (secondary N) is 1. The number of aryl methyl sites for hydroxylation is 1. The van der Waals surface area contributed by atoms with Crippen LogP contribution in [-0.2, 0) is 16.4 Å². The zero-order valence-electron chi connectivity index (χ0n) is 12.2. The Hall–Kier alpha value is -1.83. The van der Waals surface area contributed by atoms with Crippen molar-refractivity contribution >= 4 is 38.0 Å². The van der Waals surface area contributed by atoms with Crippen LogP contribution in [0.5, 0.6) is 0 Å². The Morgan fingerprint density at radius 2 is 2.13 bits per heavy atom. The smallest absolute Gasteiger partial charge is 0.271 e. The predicted molar refractivity (Wildman–Crippen MR) is 89.2 cm³/mol. The van der Waals surface area contributed by atoms with Crippen LogP contribution in [0.1, 0.15) is 30.3 Å². The van der Waals surface area contributed by atoms with Crippen molar-refractivity contribution in [1.29, 1.82) is 0 Å². The molecule has 1 aliphatic rings. The van der Waals surface area contributed by atoms with Gasteiger partial charge < -0.3 is 9.52 Å². The number of aliphatic hydroxyl groups is 1. The van der Waals surface area contributed by atoms with Crippen molar-refractivity contribution in [2.75, 3.05) is 4.72 Å². The van der Waals surface area contributed by atoms with Crippen LogP contribution >= 0.6 is 11.3 Å². The maximum Gasteiger partial charge on any atom is 0.271 e. The summed E-state index contributed by atoms with van der Waals surface area (Å²) in [5.41, 5.74) is 1.87. The number of aliphatic hydroxyl groups excluding tert-OH is 1. The van der Waals surface area contributed by atoms with E-state index in [2.05, 4.69) is 4.72 Å². The van der Waals surface area contributed by atoms with Gasteiger partial charge in [0.15, 0.2) is 5.58 Å². The number of benzene rings is 1. The molecule has 0 saturated heterocycles. The molecule has 3 aromatic rings. The van der Waals surface area contributed by atoms with Crippen LogP contribution in [0.4, 0.5) is 5.69 Å². The third-order valence-corrected chi connectivity index (χ3v) is 6.82. The second-order valence-corrected chi connectivity index (χ2v) is 8.43. The van der Waals surface area contributed by atoms with E-state index in [0.717, 1.165) is 35.1 Å². The Bertz CT molecular complexity index is 958. The van der Waals surface area contributed by atoms with Crippen molar-refractivity contribution < 1.29 is 17.9 Å². The molecule has 0 saturated carbocycles. The number of para-hydroxylation sites is 1. The van der Waals surface area contributed by atoms with Crippen molar-refractivity contribution in [3.05, 3.63) is 47.0 Å². The van der Waals surface area contributed by atoms with E-state index in [9.17, 15) is 13.5 Å². The van der Waals surface area contributed by atoms with Crippen LogP contribution < -0.4 is 4.72 Å². The Morgan fingerprint density at radius 1 is 1.26 bits per heavy atom. The lowest BCUT2D eigenvalue weighted by Crippen LogP contribution is -2.11. The van der Waals surface area contributed by atoms with Gasteiger partial charge in [0.05, 0.1) is 5.69 Å². The second-order valence-electron chi connectivity index (χ2n) is 5.57. The lowest BCUT2D eigenvalue weighted by Gasteiger charge is -2.15. The fraction of sp³-hybridized carbons (Fsp3) is 0.250. The number of furan rings is 1. The van der Waals surface area contributed by atoms with Gasteiger partial charge in [-0.05, 0) is 36.8 Å². The first-order chi connectivity index (χ1) is 11.1. The molecular formula is C16H15NO4S2. The molecule has 1 atom stereocenters. The van der Waals surface area contributed by atoms with Gasteiger partial charge in [0.25, 0.3) is 10.0 Å². The highest BCUT2D eigenvalue weighted by atomic mass is 32.2. The number of hydrogen-bond donors (Lipinski definition) is 2. The molecule has 120 valence electrons. The molecule has 2 heterocycles. The highest BCUT2D eigenvalue weighted by molar-refractivity contribution is 7.94. The number of hydrogen-bond acceptors (Lipinski definition) is 5. The third kappa shape index (κ3) is 2.45. The van der Waals surface area contributed by atoms with Crippen LogP contribution in [0, 0.1) is 0 Å². The minimum absolute atomic E-state index is 0.255. The number of anilines is 1. The van der Waals surface area contributed by atoms with Crippen LogP contribution in [0.3, 0.4) is 0 Å². The van der Waals surface area contributed by atoms with Gasteiger partial charge in [0, 0.05) is 10.9 Å². The average molecular weight is 349 g/mol. The van der Waals surface area contributed by atoms with Gasteiger partial charge in [0.2, 0.25) is 0 Å². The molecule has 5 nitrogen and oxygen atoms in total. The Morgan fingerprint density at radius 3 is 2.91 bits per heavy atom. The average Bonchev–Trinajstić information content (AvgIpc) is 3.16. The van der Waals surface area contributed by atoms with Crippen LogP contribution in [0.2, 0.25) is 0 Å². The number of fused-ring (bicyclic) bond motifs is 3.